The van der Waals surface area contributed by atoms with Crippen LogP contribution in [-0.4, -0.2) is 20.5 Å². The van der Waals surface area contributed by atoms with Crippen molar-refractivity contribution in [2.45, 2.75) is 13.0 Å². The first-order valence-electron chi connectivity index (χ1n) is 6.57. The molecule has 0 aliphatic heterocycles. The summed E-state index contributed by atoms with van der Waals surface area (Å²) < 4.78 is 7.57. The quantitative estimate of drug-likeness (QED) is 0.785. The summed E-state index contributed by atoms with van der Waals surface area (Å²) in [6.07, 6.45) is 3.43. The molecule has 0 saturated heterocycles. The van der Waals surface area contributed by atoms with Crippen LogP contribution < -0.4 is 4.74 Å². The minimum atomic E-state index is -0.898. The maximum atomic E-state index is 10.8. The number of nitrogens with zero attached hydrogens (tertiary/aromatic N) is 2. The molecule has 22 heavy (non-hydrogen) atoms. The maximum absolute atomic E-state index is 10.8. The molecule has 5 nitrogen and oxygen atoms in total. The Morgan fingerprint density at radius 2 is 1.95 bits per heavy atom. The highest BCUT2D eigenvalue weighted by molar-refractivity contribution is 5.85. The first-order valence-corrected chi connectivity index (χ1v) is 6.57. The molecule has 6 heteroatoms. The van der Waals surface area contributed by atoms with Crippen LogP contribution in [0, 0.1) is 0 Å². The molecule has 0 aliphatic carbocycles. The van der Waals surface area contributed by atoms with Crippen molar-refractivity contribution in [1.29, 1.82) is 0 Å². The van der Waals surface area contributed by atoms with Gasteiger partial charge in [0, 0.05) is 12.4 Å². The maximum Gasteiger partial charge on any atom is 0.309 e. The molecular weight excluding hydrogens is 304 g/mol. The van der Waals surface area contributed by atoms with Gasteiger partial charge in [-0.25, -0.2) is 4.98 Å². The number of benzene rings is 1. The fraction of sp³-hybridized carbons (Fsp3) is 0.125. The van der Waals surface area contributed by atoms with E-state index in [0.717, 1.165) is 5.56 Å². The number of halogens is 1. The van der Waals surface area contributed by atoms with E-state index in [1.54, 1.807) is 10.6 Å². The fourth-order valence-electron chi connectivity index (χ4n) is 2.13. The number of rotatable bonds is 5. The van der Waals surface area contributed by atoms with Gasteiger partial charge in [-0.05, 0) is 17.7 Å². The van der Waals surface area contributed by atoms with Crippen molar-refractivity contribution in [3.05, 3.63) is 66.1 Å². The molecule has 1 N–H and O–H groups in total. The second-order valence-electron chi connectivity index (χ2n) is 4.68. The number of pyridine rings is 1. The van der Waals surface area contributed by atoms with Crippen molar-refractivity contribution < 1.29 is 14.6 Å². The molecule has 3 rings (SSSR count). The summed E-state index contributed by atoms with van der Waals surface area (Å²) in [5.41, 5.74) is 2.21. The average Bonchev–Trinajstić information content (AvgIpc) is 2.88. The molecular formula is C16H15ClN2O3. The SMILES string of the molecule is Cl.O=C(O)Cc1cn2cccc(OCc3ccccc3)c2n1. The third-order valence-corrected chi connectivity index (χ3v) is 3.07. The minimum Gasteiger partial charge on any atom is -0.485 e. The molecule has 0 unspecified atom stereocenters. The Bertz CT molecular complexity index is 771. The molecule has 2 aromatic heterocycles. The Labute approximate surface area is 133 Å². The van der Waals surface area contributed by atoms with Crippen LogP contribution >= 0.6 is 12.4 Å². The summed E-state index contributed by atoms with van der Waals surface area (Å²) in [5.74, 6) is -0.261. The molecule has 0 saturated carbocycles. The average molecular weight is 319 g/mol. The van der Waals surface area contributed by atoms with Crippen LogP contribution in [0.3, 0.4) is 0 Å². The molecule has 1 aromatic carbocycles. The number of hydrogen-bond acceptors (Lipinski definition) is 3. The van der Waals surface area contributed by atoms with Crippen LogP contribution in [0.2, 0.25) is 0 Å². The van der Waals surface area contributed by atoms with Crippen molar-refractivity contribution in [2.75, 3.05) is 0 Å². The summed E-state index contributed by atoms with van der Waals surface area (Å²) in [4.78, 5) is 15.1. The topological polar surface area (TPSA) is 63.8 Å². The zero-order chi connectivity index (χ0) is 14.7. The zero-order valence-electron chi connectivity index (χ0n) is 11.7. The van der Waals surface area contributed by atoms with Crippen LogP contribution in [-0.2, 0) is 17.8 Å². The van der Waals surface area contributed by atoms with Crippen molar-refractivity contribution in [1.82, 2.24) is 9.38 Å². The van der Waals surface area contributed by atoms with Gasteiger partial charge in [-0.15, -0.1) is 12.4 Å². The van der Waals surface area contributed by atoms with Crippen LogP contribution in [0.1, 0.15) is 11.3 Å². The molecule has 0 atom stereocenters. The molecule has 0 spiro atoms. The molecule has 0 amide bonds. The summed E-state index contributed by atoms with van der Waals surface area (Å²) in [5, 5.41) is 8.83. The summed E-state index contributed by atoms with van der Waals surface area (Å²) in [7, 11) is 0. The lowest BCUT2D eigenvalue weighted by molar-refractivity contribution is -0.136. The van der Waals surface area contributed by atoms with Crippen LogP contribution in [0.5, 0.6) is 5.75 Å². The second kappa shape index (κ2) is 6.95. The van der Waals surface area contributed by atoms with Crippen molar-refractivity contribution >= 4 is 24.0 Å². The number of aromatic nitrogens is 2. The Morgan fingerprint density at radius 3 is 2.68 bits per heavy atom. The highest BCUT2D eigenvalue weighted by Gasteiger charge is 2.10. The number of carboxylic acid groups (broad SMARTS) is 1. The van der Waals surface area contributed by atoms with E-state index in [4.69, 9.17) is 9.84 Å². The third-order valence-electron chi connectivity index (χ3n) is 3.07. The summed E-state index contributed by atoms with van der Waals surface area (Å²) in [6.45, 7) is 0.446. The first-order chi connectivity index (χ1) is 10.2. The number of hydrogen-bond donors (Lipinski definition) is 1. The van der Waals surface area contributed by atoms with E-state index < -0.39 is 5.97 Å². The molecule has 114 valence electrons. The van der Waals surface area contributed by atoms with E-state index >= 15 is 0 Å². The number of ether oxygens (including phenoxy) is 1. The number of carbonyl (C=O) groups is 1. The van der Waals surface area contributed by atoms with Gasteiger partial charge in [0.1, 0.15) is 6.61 Å². The molecule has 0 radical (unpaired) electrons. The predicted molar refractivity (Wildman–Crippen MR) is 84.6 cm³/mol. The molecule has 2 heterocycles. The summed E-state index contributed by atoms with van der Waals surface area (Å²) in [6, 6.07) is 13.5. The van der Waals surface area contributed by atoms with Gasteiger partial charge in [0.05, 0.1) is 12.1 Å². The van der Waals surface area contributed by atoms with E-state index in [1.165, 1.54) is 0 Å². The lowest BCUT2D eigenvalue weighted by Crippen LogP contribution is -1.99. The van der Waals surface area contributed by atoms with Gasteiger partial charge in [0.25, 0.3) is 0 Å². The fourth-order valence-corrected chi connectivity index (χ4v) is 2.13. The summed E-state index contributed by atoms with van der Waals surface area (Å²) >= 11 is 0. The molecule has 3 aromatic rings. The third kappa shape index (κ3) is 3.56. The van der Waals surface area contributed by atoms with E-state index in [9.17, 15) is 4.79 Å². The van der Waals surface area contributed by atoms with E-state index in [0.29, 0.717) is 23.7 Å². The van der Waals surface area contributed by atoms with Crippen LogP contribution in [0.15, 0.2) is 54.9 Å². The van der Waals surface area contributed by atoms with Gasteiger partial charge in [0.15, 0.2) is 11.4 Å². The second-order valence-corrected chi connectivity index (χ2v) is 4.68. The van der Waals surface area contributed by atoms with Crippen molar-refractivity contribution in [3.8, 4) is 5.75 Å². The van der Waals surface area contributed by atoms with Gasteiger partial charge >= 0.3 is 5.97 Å². The van der Waals surface area contributed by atoms with Crippen molar-refractivity contribution in [3.63, 3.8) is 0 Å². The van der Waals surface area contributed by atoms with Crippen LogP contribution in [0.4, 0.5) is 0 Å². The Kier molecular flexibility index (Phi) is 5.01. The Balaban J connectivity index is 0.00000176. The molecule has 0 aliphatic rings. The number of aliphatic carboxylic acids is 1. The van der Waals surface area contributed by atoms with E-state index in [1.807, 2.05) is 48.7 Å². The molecule has 0 bridgehead atoms. The van der Waals surface area contributed by atoms with Crippen LogP contribution in [0.25, 0.3) is 5.65 Å². The standard InChI is InChI=1S/C16H14N2O3.ClH/c19-15(20)9-13-10-18-8-4-7-14(16(18)17-13)21-11-12-5-2-1-3-6-12;/h1-8,10H,9,11H2,(H,19,20);1H. The minimum absolute atomic E-state index is 0. The number of imidazole rings is 1. The first kappa shape index (κ1) is 15.9. The highest BCUT2D eigenvalue weighted by atomic mass is 35.5. The monoisotopic (exact) mass is 318 g/mol. The van der Waals surface area contributed by atoms with E-state index in [-0.39, 0.29) is 18.8 Å². The zero-order valence-corrected chi connectivity index (χ0v) is 12.5. The lowest BCUT2D eigenvalue weighted by Gasteiger charge is -2.07. The number of carboxylic acids is 1. The van der Waals surface area contributed by atoms with Crippen molar-refractivity contribution in [2.24, 2.45) is 0 Å². The van der Waals surface area contributed by atoms with Gasteiger partial charge in [0.2, 0.25) is 0 Å². The largest absolute Gasteiger partial charge is 0.485 e. The van der Waals surface area contributed by atoms with Gasteiger partial charge in [-0.3, -0.25) is 4.79 Å². The van der Waals surface area contributed by atoms with Gasteiger partial charge in [-0.2, -0.15) is 0 Å². The predicted octanol–water partition coefficient (Wildman–Crippen LogP) is 2.96. The van der Waals surface area contributed by atoms with Gasteiger partial charge in [-0.1, -0.05) is 30.3 Å². The highest BCUT2D eigenvalue weighted by Crippen LogP contribution is 2.20. The Morgan fingerprint density at radius 1 is 1.18 bits per heavy atom. The molecule has 0 fully saturated rings. The van der Waals surface area contributed by atoms with E-state index in [2.05, 4.69) is 4.98 Å². The van der Waals surface area contributed by atoms with Gasteiger partial charge < -0.3 is 14.2 Å². The smallest absolute Gasteiger partial charge is 0.309 e. The normalized spacial score (nSPS) is 10.2. The lowest BCUT2D eigenvalue weighted by atomic mass is 10.2. The Hall–Kier alpha value is -2.53. The number of fused-ring (bicyclic) bond motifs is 1.